The lowest BCUT2D eigenvalue weighted by molar-refractivity contribution is -0.128. The van der Waals surface area contributed by atoms with Crippen molar-refractivity contribution in [3.8, 4) is 0 Å². The number of halogens is 1. The van der Waals surface area contributed by atoms with Gasteiger partial charge in [0.2, 0.25) is 15.9 Å². The number of nitrogens with zero attached hydrogens (tertiary/aromatic N) is 2. The van der Waals surface area contributed by atoms with Gasteiger partial charge in [-0.2, -0.15) is 4.31 Å². The Bertz CT molecular complexity index is 587. The van der Waals surface area contributed by atoms with E-state index in [4.69, 9.17) is 5.73 Å². The standard InChI is InChI=1S/C11H16BrN3O3S/c1-14(2)11(16)7-15(3)19(17,18)10-6-8(13)4-5-9(10)12/h4-6H,7,13H2,1-3H3. The molecule has 1 aromatic rings. The Hall–Kier alpha value is -1.12. The van der Waals surface area contributed by atoms with E-state index in [1.165, 1.54) is 18.0 Å². The van der Waals surface area contributed by atoms with E-state index in [0.29, 0.717) is 10.2 Å². The third kappa shape index (κ3) is 3.68. The average molecular weight is 350 g/mol. The molecular weight excluding hydrogens is 334 g/mol. The van der Waals surface area contributed by atoms with Crippen LogP contribution in [-0.4, -0.2) is 51.2 Å². The summed E-state index contributed by atoms with van der Waals surface area (Å²) in [6.45, 7) is -0.226. The van der Waals surface area contributed by atoms with Gasteiger partial charge < -0.3 is 10.6 Å². The lowest BCUT2D eigenvalue weighted by atomic mass is 10.3. The predicted molar refractivity (Wildman–Crippen MR) is 77.1 cm³/mol. The number of hydrogen-bond acceptors (Lipinski definition) is 4. The number of anilines is 1. The Morgan fingerprint density at radius 3 is 2.42 bits per heavy atom. The zero-order chi connectivity index (χ0) is 14.8. The largest absolute Gasteiger partial charge is 0.399 e. The molecule has 0 spiro atoms. The number of likely N-dealkylation sites (N-methyl/N-ethyl adjacent to an activating group) is 2. The second-order valence-corrected chi connectivity index (χ2v) is 7.11. The fraction of sp³-hybridized carbons (Fsp3) is 0.364. The van der Waals surface area contributed by atoms with Crippen LogP contribution in [0.3, 0.4) is 0 Å². The van der Waals surface area contributed by atoms with Crippen LogP contribution in [0.4, 0.5) is 5.69 Å². The Labute approximate surface area is 121 Å². The number of nitrogen functional groups attached to an aromatic ring is 1. The predicted octanol–water partition coefficient (Wildman–Crippen LogP) is 0.740. The molecule has 1 amide bonds. The number of hydrogen-bond donors (Lipinski definition) is 1. The zero-order valence-corrected chi connectivity index (χ0v) is 13.3. The molecule has 0 fully saturated rings. The number of carbonyl (C=O) groups is 1. The summed E-state index contributed by atoms with van der Waals surface area (Å²) in [5, 5.41) is 0. The Morgan fingerprint density at radius 1 is 1.32 bits per heavy atom. The van der Waals surface area contributed by atoms with Crippen LogP contribution in [0.25, 0.3) is 0 Å². The second kappa shape index (κ2) is 5.89. The molecule has 106 valence electrons. The van der Waals surface area contributed by atoms with Crippen molar-refractivity contribution in [3.63, 3.8) is 0 Å². The fourth-order valence-corrected chi connectivity index (χ4v) is 3.38. The lowest BCUT2D eigenvalue weighted by Crippen LogP contribution is -2.37. The van der Waals surface area contributed by atoms with E-state index in [1.54, 1.807) is 26.2 Å². The molecule has 1 aromatic carbocycles. The molecule has 0 heterocycles. The molecule has 0 aliphatic heterocycles. The van der Waals surface area contributed by atoms with Gasteiger partial charge in [0.15, 0.2) is 0 Å². The van der Waals surface area contributed by atoms with Gasteiger partial charge in [0.25, 0.3) is 0 Å². The third-order valence-corrected chi connectivity index (χ3v) is 5.30. The first kappa shape index (κ1) is 15.9. The van der Waals surface area contributed by atoms with Gasteiger partial charge in [-0.05, 0) is 34.1 Å². The minimum Gasteiger partial charge on any atom is -0.399 e. The Kier molecular flexibility index (Phi) is 4.94. The molecular formula is C11H16BrN3O3S. The minimum atomic E-state index is -3.76. The van der Waals surface area contributed by atoms with E-state index in [-0.39, 0.29) is 17.3 Å². The summed E-state index contributed by atoms with van der Waals surface area (Å²) < 4.78 is 26.1. The van der Waals surface area contributed by atoms with Crippen LogP contribution in [0.5, 0.6) is 0 Å². The molecule has 8 heteroatoms. The summed E-state index contributed by atoms with van der Waals surface area (Å²) in [5.41, 5.74) is 5.94. The Balaban J connectivity index is 3.10. The van der Waals surface area contributed by atoms with Crippen molar-refractivity contribution in [2.75, 3.05) is 33.4 Å². The van der Waals surface area contributed by atoms with Crippen molar-refractivity contribution >= 4 is 37.5 Å². The van der Waals surface area contributed by atoms with Gasteiger partial charge in [-0.3, -0.25) is 4.79 Å². The van der Waals surface area contributed by atoms with Gasteiger partial charge in [-0.1, -0.05) is 0 Å². The maximum atomic E-state index is 12.3. The molecule has 0 saturated heterocycles. The van der Waals surface area contributed by atoms with Crippen LogP contribution in [0, 0.1) is 0 Å². The quantitative estimate of drug-likeness (QED) is 0.812. The molecule has 6 nitrogen and oxygen atoms in total. The molecule has 0 saturated carbocycles. The zero-order valence-electron chi connectivity index (χ0n) is 10.9. The second-order valence-electron chi connectivity index (χ2n) is 4.24. The van der Waals surface area contributed by atoms with E-state index in [2.05, 4.69) is 15.9 Å². The summed E-state index contributed by atoms with van der Waals surface area (Å²) in [6.07, 6.45) is 0. The van der Waals surface area contributed by atoms with Crippen molar-refractivity contribution in [1.29, 1.82) is 0 Å². The van der Waals surface area contributed by atoms with E-state index < -0.39 is 10.0 Å². The summed E-state index contributed by atoms with van der Waals surface area (Å²) in [4.78, 5) is 12.9. The number of rotatable bonds is 4. The molecule has 0 aliphatic carbocycles. The van der Waals surface area contributed by atoms with Gasteiger partial charge in [0.1, 0.15) is 0 Å². The number of benzene rings is 1. The van der Waals surface area contributed by atoms with Crippen LogP contribution in [0.1, 0.15) is 0 Å². The fourth-order valence-electron chi connectivity index (χ4n) is 1.30. The molecule has 19 heavy (non-hydrogen) atoms. The van der Waals surface area contributed by atoms with Crippen LogP contribution in [-0.2, 0) is 14.8 Å². The number of amides is 1. The highest BCUT2D eigenvalue weighted by molar-refractivity contribution is 9.10. The lowest BCUT2D eigenvalue weighted by Gasteiger charge is -2.19. The van der Waals surface area contributed by atoms with Gasteiger partial charge in [0, 0.05) is 31.3 Å². The number of sulfonamides is 1. The van der Waals surface area contributed by atoms with Crippen LogP contribution < -0.4 is 5.73 Å². The van der Waals surface area contributed by atoms with E-state index >= 15 is 0 Å². The van der Waals surface area contributed by atoms with Crippen molar-refractivity contribution < 1.29 is 13.2 Å². The topological polar surface area (TPSA) is 83.7 Å². The molecule has 2 N–H and O–H groups in total. The minimum absolute atomic E-state index is 0.0431. The summed E-state index contributed by atoms with van der Waals surface area (Å²) in [5.74, 6) is -0.300. The van der Waals surface area contributed by atoms with Gasteiger partial charge >= 0.3 is 0 Å². The maximum Gasteiger partial charge on any atom is 0.244 e. The highest BCUT2D eigenvalue weighted by Gasteiger charge is 2.25. The summed E-state index contributed by atoms with van der Waals surface area (Å²) in [6, 6.07) is 4.51. The number of nitrogens with two attached hydrogens (primary N) is 1. The van der Waals surface area contributed by atoms with E-state index in [9.17, 15) is 13.2 Å². The van der Waals surface area contributed by atoms with Gasteiger partial charge in [-0.25, -0.2) is 8.42 Å². The van der Waals surface area contributed by atoms with Crippen molar-refractivity contribution in [1.82, 2.24) is 9.21 Å². The molecule has 0 atom stereocenters. The summed E-state index contributed by atoms with van der Waals surface area (Å²) in [7, 11) is 0.729. The van der Waals surface area contributed by atoms with Gasteiger partial charge in [-0.15, -0.1) is 0 Å². The highest BCUT2D eigenvalue weighted by Crippen LogP contribution is 2.26. The van der Waals surface area contributed by atoms with Gasteiger partial charge in [0.05, 0.1) is 11.4 Å². The molecule has 0 radical (unpaired) electrons. The first-order chi connectivity index (χ1) is 8.66. The van der Waals surface area contributed by atoms with Crippen molar-refractivity contribution in [3.05, 3.63) is 22.7 Å². The third-order valence-electron chi connectivity index (χ3n) is 2.50. The highest BCUT2D eigenvalue weighted by atomic mass is 79.9. The van der Waals surface area contributed by atoms with Crippen LogP contribution >= 0.6 is 15.9 Å². The number of carbonyl (C=O) groups excluding carboxylic acids is 1. The van der Waals surface area contributed by atoms with Crippen LogP contribution in [0.15, 0.2) is 27.6 Å². The molecule has 0 aliphatic rings. The first-order valence-corrected chi connectivity index (χ1v) is 7.61. The smallest absolute Gasteiger partial charge is 0.244 e. The first-order valence-electron chi connectivity index (χ1n) is 5.37. The average Bonchev–Trinajstić information content (AvgIpc) is 2.31. The molecule has 0 bridgehead atoms. The normalized spacial score (nSPS) is 11.6. The Morgan fingerprint density at radius 2 is 1.89 bits per heavy atom. The maximum absolute atomic E-state index is 12.3. The van der Waals surface area contributed by atoms with E-state index in [1.807, 2.05) is 0 Å². The van der Waals surface area contributed by atoms with Crippen LogP contribution in [0.2, 0.25) is 0 Å². The summed E-state index contributed by atoms with van der Waals surface area (Å²) >= 11 is 3.17. The van der Waals surface area contributed by atoms with E-state index in [0.717, 1.165) is 4.31 Å². The monoisotopic (exact) mass is 349 g/mol. The SMILES string of the molecule is CN(C)C(=O)CN(C)S(=O)(=O)c1cc(N)ccc1Br. The molecule has 0 aromatic heterocycles. The molecule has 1 rings (SSSR count). The van der Waals surface area contributed by atoms with Crippen molar-refractivity contribution in [2.24, 2.45) is 0 Å². The molecule has 0 unspecified atom stereocenters. The van der Waals surface area contributed by atoms with Crippen molar-refractivity contribution in [2.45, 2.75) is 4.90 Å².